The van der Waals surface area contributed by atoms with Gasteiger partial charge in [-0.25, -0.2) is 4.68 Å². The molecule has 1 aromatic heterocycles. The van der Waals surface area contributed by atoms with E-state index in [1.807, 2.05) is 11.6 Å². The van der Waals surface area contributed by atoms with Crippen LogP contribution in [0.2, 0.25) is 5.15 Å². The number of aromatic nitrogens is 2. The molecule has 2 N–H and O–H groups in total. The second-order valence-corrected chi connectivity index (χ2v) is 7.17. The highest BCUT2D eigenvalue weighted by atomic mass is 35.5. The van der Waals surface area contributed by atoms with Crippen LogP contribution in [0, 0.1) is 26.2 Å². The summed E-state index contributed by atoms with van der Waals surface area (Å²) in [5.41, 5.74) is 5.07. The van der Waals surface area contributed by atoms with Crippen LogP contribution in [0.1, 0.15) is 22.4 Å². The molecule has 0 spiro atoms. The molecule has 2 heterocycles. The fraction of sp³-hybridized carbons (Fsp3) is 0.500. The number of aliphatic hydroxyl groups excluding tert-OH is 1. The van der Waals surface area contributed by atoms with Crippen molar-refractivity contribution in [2.75, 3.05) is 26.4 Å². The Balaban J connectivity index is 1.78. The summed E-state index contributed by atoms with van der Waals surface area (Å²) in [6, 6.07) is 6.26. The molecule has 0 atom stereocenters. The van der Waals surface area contributed by atoms with Crippen molar-refractivity contribution < 1.29 is 9.84 Å². The summed E-state index contributed by atoms with van der Waals surface area (Å²) in [5, 5.41) is 18.1. The van der Waals surface area contributed by atoms with Crippen molar-refractivity contribution in [1.82, 2.24) is 15.1 Å². The summed E-state index contributed by atoms with van der Waals surface area (Å²) in [7, 11) is 0. The second-order valence-electron chi connectivity index (χ2n) is 6.81. The Bertz CT molecular complexity index is 733. The van der Waals surface area contributed by atoms with E-state index in [0.717, 1.165) is 22.5 Å². The van der Waals surface area contributed by atoms with Crippen molar-refractivity contribution in [3.63, 3.8) is 0 Å². The van der Waals surface area contributed by atoms with E-state index in [0.29, 0.717) is 31.5 Å². The fourth-order valence-electron chi connectivity index (χ4n) is 2.93. The highest BCUT2D eigenvalue weighted by Crippen LogP contribution is 2.28. The number of hydrogen-bond donors (Lipinski definition) is 2. The molecule has 1 aliphatic heterocycles. The van der Waals surface area contributed by atoms with Crippen LogP contribution in [0.3, 0.4) is 0 Å². The van der Waals surface area contributed by atoms with Crippen molar-refractivity contribution in [2.45, 2.75) is 27.3 Å². The summed E-state index contributed by atoms with van der Waals surface area (Å²) in [6.45, 7) is 8.75. The minimum absolute atomic E-state index is 0.133. The van der Waals surface area contributed by atoms with E-state index in [9.17, 15) is 5.11 Å². The van der Waals surface area contributed by atoms with E-state index < -0.39 is 0 Å². The lowest BCUT2D eigenvalue weighted by atomic mass is 9.87. The molecule has 1 fully saturated rings. The summed E-state index contributed by atoms with van der Waals surface area (Å²) < 4.78 is 7.03. The van der Waals surface area contributed by atoms with Crippen LogP contribution in [0.15, 0.2) is 18.2 Å². The zero-order valence-electron chi connectivity index (χ0n) is 14.4. The van der Waals surface area contributed by atoms with Crippen LogP contribution in [-0.2, 0) is 11.3 Å². The maximum Gasteiger partial charge on any atom is 0.137 e. The van der Waals surface area contributed by atoms with Crippen LogP contribution >= 0.6 is 11.6 Å². The zero-order valence-corrected chi connectivity index (χ0v) is 15.2. The molecular formula is C18H24ClN3O2. The third-order valence-corrected chi connectivity index (χ3v) is 5.06. The van der Waals surface area contributed by atoms with Gasteiger partial charge in [0.1, 0.15) is 5.15 Å². The number of aliphatic hydroxyl groups is 1. The minimum atomic E-state index is -0.149. The molecule has 1 saturated heterocycles. The minimum Gasteiger partial charge on any atom is -0.396 e. The summed E-state index contributed by atoms with van der Waals surface area (Å²) >= 11 is 6.61. The van der Waals surface area contributed by atoms with Crippen LogP contribution < -0.4 is 5.32 Å². The first kappa shape index (κ1) is 17.4. The topological polar surface area (TPSA) is 59.3 Å². The lowest BCUT2D eigenvalue weighted by Crippen LogP contribution is -2.52. The number of hydrogen-bond acceptors (Lipinski definition) is 4. The average molecular weight is 350 g/mol. The van der Waals surface area contributed by atoms with E-state index in [-0.39, 0.29) is 12.0 Å². The van der Waals surface area contributed by atoms with E-state index in [2.05, 4.69) is 42.5 Å². The Labute approximate surface area is 147 Å². The van der Waals surface area contributed by atoms with Crippen LogP contribution in [-0.4, -0.2) is 41.3 Å². The SMILES string of the molecule is Cc1ccc(C)c(-n2nc(C)c(CNCC3(CO)COC3)c2Cl)c1. The predicted molar refractivity (Wildman–Crippen MR) is 94.8 cm³/mol. The van der Waals surface area contributed by atoms with Gasteiger partial charge in [-0.1, -0.05) is 23.7 Å². The molecule has 2 aromatic rings. The molecule has 1 aromatic carbocycles. The molecule has 5 nitrogen and oxygen atoms in total. The van der Waals surface area contributed by atoms with Gasteiger partial charge in [-0.3, -0.25) is 0 Å². The van der Waals surface area contributed by atoms with Gasteiger partial charge in [0.15, 0.2) is 0 Å². The summed E-state index contributed by atoms with van der Waals surface area (Å²) in [6.07, 6.45) is 0. The molecule has 0 unspecified atom stereocenters. The Kier molecular flexibility index (Phi) is 4.97. The Morgan fingerprint density at radius 3 is 2.71 bits per heavy atom. The van der Waals surface area contributed by atoms with Crippen LogP contribution in [0.5, 0.6) is 0 Å². The maximum absolute atomic E-state index is 9.49. The van der Waals surface area contributed by atoms with Gasteiger partial charge in [0.25, 0.3) is 0 Å². The van der Waals surface area contributed by atoms with Crippen molar-refractivity contribution >= 4 is 11.6 Å². The molecule has 0 amide bonds. The van der Waals surface area contributed by atoms with Gasteiger partial charge in [0.2, 0.25) is 0 Å². The standard InChI is InChI=1S/C18H24ClN3O2/c1-12-4-5-13(2)16(6-12)22-17(19)15(14(3)21-22)7-20-8-18(9-23)10-24-11-18/h4-6,20,23H,7-11H2,1-3H3. The quantitative estimate of drug-likeness (QED) is 0.841. The number of aryl methyl sites for hydroxylation is 3. The van der Waals surface area contributed by atoms with Crippen molar-refractivity contribution in [3.05, 3.63) is 45.7 Å². The lowest BCUT2D eigenvalue weighted by molar-refractivity contribution is -0.134. The molecule has 0 saturated carbocycles. The molecule has 3 rings (SSSR count). The largest absolute Gasteiger partial charge is 0.396 e. The molecule has 0 bridgehead atoms. The van der Waals surface area contributed by atoms with Crippen LogP contribution in [0.25, 0.3) is 5.69 Å². The first-order valence-corrected chi connectivity index (χ1v) is 8.54. The van der Waals surface area contributed by atoms with Crippen molar-refractivity contribution in [1.29, 1.82) is 0 Å². The molecule has 6 heteroatoms. The summed E-state index contributed by atoms with van der Waals surface area (Å²) in [5.74, 6) is 0. The van der Waals surface area contributed by atoms with Gasteiger partial charge in [-0.2, -0.15) is 5.10 Å². The van der Waals surface area contributed by atoms with E-state index in [4.69, 9.17) is 16.3 Å². The van der Waals surface area contributed by atoms with E-state index in [1.165, 1.54) is 5.56 Å². The first-order chi connectivity index (χ1) is 11.5. The number of nitrogens with zero attached hydrogens (tertiary/aromatic N) is 2. The lowest BCUT2D eigenvalue weighted by Gasteiger charge is -2.40. The van der Waals surface area contributed by atoms with Gasteiger partial charge >= 0.3 is 0 Å². The average Bonchev–Trinajstić information content (AvgIpc) is 2.80. The van der Waals surface area contributed by atoms with E-state index in [1.54, 1.807) is 0 Å². The molecular weight excluding hydrogens is 326 g/mol. The Morgan fingerprint density at radius 2 is 2.08 bits per heavy atom. The van der Waals surface area contributed by atoms with Crippen molar-refractivity contribution in [2.24, 2.45) is 5.41 Å². The Hall–Kier alpha value is -1.40. The van der Waals surface area contributed by atoms with Gasteiger partial charge in [-0.05, 0) is 38.0 Å². The van der Waals surface area contributed by atoms with Crippen LogP contribution in [0.4, 0.5) is 0 Å². The number of benzene rings is 1. The highest BCUT2D eigenvalue weighted by molar-refractivity contribution is 6.30. The van der Waals surface area contributed by atoms with Gasteiger partial charge in [-0.15, -0.1) is 0 Å². The molecule has 1 aliphatic rings. The highest BCUT2D eigenvalue weighted by Gasteiger charge is 2.37. The Morgan fingerprint density at radius 1 is 1.33 bits per heavy atom. The molecule has 24 heavy (non-hydrogen) atoms. The third-order valence-electron chi connectivity index (χ3n) is 4.67. The predicted octanol–water partition coefficient (Wildman–Crippen LogP) is 2.55. The van der Waals surface area contributed by atoms with Gasteiger partial charge < -0.3 is 15.2 Å². The number of nitrogens with one attached hydrogen (secondary N) is 1. The third kappa shape index (κ3) is 3.22. The fourth-order valence-corrected chi connectivity index (χ4v) is 3.26. The maximum atomic E-state index is 9.49. The first-order valence-electron chi connectivity index (χ1n) is 8.17. The van der Waals surface area contributed by atoms with E-state index >= 15 is 0 Å². The molecule has 130 valence electrons. The monoisotopic (exact) mass is 349 g/mol. The van der Waals surface area contributed by atoms with Gasteiger partial charge in [0, 0.05) is 18.7 Å². The second kappa shape index (κ2) is 6.84. The number of ether oxygens (including phenoxy) is 1. The molecule has 0 radical (unpaired) electrons. The molecule has 0 aliphatic carbocycles. The van der Waals surface area contributed by atoms with Crippen molar-refractivity contribution in [3.8, 4) is 5.69 Å². The van der Waals surface area contributed by atoms with Gasteiger partial charge in [0.05, 0.1) is 36.6 Å². The number of halogens is 1. The smallest absolute Gasteiger partial charge is 0.137 e. The summed E-state index contributed by atoms with van der Waals surface area (Å²) in [4.78, 5) is 0. The normalized spacial score (nSPS) is 16.2. The zero-order chi connectivity index (χ0) is 17.3. The number of rotatable bonds is 6.